The van der Waals surface area contributed by atoms with Crippen LogP contribution in [0.25, 0.3) is 11.3 Å². The van der Waals surface area contributed by atoms with E-state index in [0.29, 0.717) is 24.3 Å². The Morgan fingerprint density at radius 1 is 1.36 bits per heavy atom. The molecule has 3 rings (SSSR count). The number of hydrogen-bond donors (Lipinski definition) is 1. The minimum absolute atomic E-state index is 0.0643. The standard InChI is InChI=1S/C19H24N2O4/c1-19(2,23)14-5-4-10-21(11-14)18(22)16-12-25-20-17(16)13-6-8-15(24-3)9-7-13/h6-9,12,14,23H,4-5,10-11H2,1-3H3/t14-/m1/s1. The van der Waals surface area contributed by atoms with Gasteiger partial charge in [0.25, 0.3) is 5.91 Å². The normalized spacial score (nSPS) is 18.2. The zero-order valence-electron chi connectivity index (χ0n) is 14.9. The third-order valence-electron chi connectivity index (χ3n) is 4.87. The molecule has 0 aliphatic carbocycles. The Morgan fingerprint density at radius 3 is 2.72 bits per heavy atom. The Kier molecular flexibility index (Phi) is 4.81. The molecule has 0 unspecified atom stereocenters. The molecule has 0 saturated carbocycles. The third kappa shape index (κ3) is 3.69. The lowest BCUT2D eigenvalue weighted by atomic mass is 9.84. The van der Waals surface area contributed by atoms with Crippen molar-refractivity contribution in [3.05, 3.63) is 36.1 Å². The van der Waals surface area contributed by atoms with Crippen molar-refractivity contribution in [2.24, 2.45) is 5.92 Å². The molecule has 1 fully saturated rings. The smallest absolute Gasteiger partial charge is 0.259 e. The van der Waals surface area contributed by atoms with E-state index in [1.807, 2.05) is 24.3 Å². The van der Waals surface area contributed by atoms with E-state index in [4.69, 9.17) is 9.26 Å². The molecule has 1 aromatic heterocycles. The molecule has 1 atom stereocenters. The maximum atomic E-state index is 13.0. The van der Waals surface area contributed by atoms with Gasteiger partial charge in [-0.1, -0.05) is 5.16 Å². The highest BCUT2D eigenvalue weighted by Gasteiger charge is 2.34. The monoisotopic (exact) mass is 344 g/mol. The maximum absolute atomic E-state index is 13.0. The van der Waals surface area contributed by atoms with Gasteiger partial charge in [0, 0.05) is 24.6 Å². The summed E-state index contributed by atoms with van der Waals surface area (Å²) in [5.41, 5.74) is 0.973. The van der Waals surface area contributed by atoms with Crippen LogP contribution in [0, 0.1) is 5.92 Å². The zero-order chi connectivity index (χ0) is 18.0. The fourth-order valence-corrected chi connectivity index (χ4v) is 3.25. The van der Waals surface area contributed by atoms with Gasteiger partial charge in [0.2, 0.25) is 0 Å². The Labute approximate surface area is 147 Å². The summed E-state index contributed by atoms with van der Waals surface area (Å²) >= 11 is 0. The number of nitrogens with zero attached hydrogens (tertiary/aromatic N) is 2. The van der Waals surface area contributed by atoms with Crippen LogP contribution in [0.4, 0.5) is 0 Å². The average molecular weight is 344 g/mol. The number of amides is 1. The second-order valence-electron chi connectivity index (χ2n) is 7.05. The number of benzene rings is 1. The van der Waals surface area contributed by atoms with E-state index in [0.717, 1.165) is 24.2 Å². The van der Waals surface area contributed by atoms with Gasteiger partial charge in [0.15, 0.2) is 0 Å². The quantitative estimate of drug-likeness (QED) is 0.923. The predicted molar refractivity (Wildman–Crippen MR) is 93.4 cm³/mol. The zero-order valence-corrected chi connectivity index (χ0v) is 14.9. The topological polar surface area (TPSA) is 75.8 Å². The largest absolute Gasteiger partial charge is 0.497 e. The first-order valence-electron chi connectivity index (χ1n) is 8.50. The van der Waals surface area contributed by atoms with Gasteiger partial charge in [-0.05, 0) is 51.0 Å². The molecule has 1 aliphatic heterocycles. The predicted octanol–water partition coefficient (Wildman–Crippen LogP) is 2.97. The van der Waals surface area contributed by atoms with E-state index in [-0.39, 0.29) is 11.8 Å². The summed E-state index contributed by atoms with van der Waals surface area (Å²) in [6, 6.07) is 7.35. The number of ether oxygens (including phenoxy) is 1. The van der Waals surface area contributed by atoms with Crippen LogP contribution in [-0.2, 0) is 0 Å². The number of piperidine rings is 1. The number of hydrogen-bond acceptors (Lipinski definition) is 5. The molecule has 25 heavy (non-hydrogen) atoms. The molecule has 0 bridgehead atoms. The summed E-state index contributed by atoms with van der Waals surface area (Å²) in [5, 5.41) is 14.3. The molecule has 0 spiro atoms. The van der Waals surface area contributed by atoms with Crippen molar-refractivity contribution in [2.45, 2.75) is 32.3 Å². The Balaban J connectivity index is 1.82. The fourth-order valence-electron chi connectivity index (χ4n) is 3.25. The number of carbonyl (C=O) groups excluding carboxylic acids is 1. The molecular weight excluding hydrogens is 320 g/mol. The van der Waals surface area contributed by atoms with Gasteiger partial charge in [0.1, 0.15) is 23.3 Å². The average Bonchev–Trinajstić information content (AvgIpc) is 3.10. The SMILES string of the molecule is COc1ccc(-c2nocc2C(=O)N2CCC[C@@H](C(C)(C)O)C2)cc1. The van der Waals surface area contributed by atoms with Crippen molar-refractivity contribution in [3.8, 4) is 17.0 Å². The number of aromatic nitrogens is 1. The number of likely N-dealkylation sites (tertiary alicyclic amines) is 1. The number of carbonyl (C=O) groups is 1. The highest BCUT2D eigenvalue weighted by Crippen LogP contribution is 2.30. The minimum Gasteiger partial charge on any atom is -0.497 e. The molecule has 0 radical (unpaired) electrons. The molecule has 1 saturated heterocycles. The van der Waals surface area contributed by atoms with E-state index in [9.17, 15) is 9.90 Å². The van der Waals surface area contributed by atoms with Gasteiger partial charge in [-0.15, -0.1) is 0 Å². The summed E-state index contributed by atoms with van der Waals surface area (Å²) < 4.78 is 10.2. The first kappa shape index (κ1) is 17.5. The lowest BCUT2D eigenvalue weighted by Gasteiger charge is -2.38. The highest BCUT2D eigenvalue weighted by molar-refractivity contribution is 5.99. The lowest BCUT2D eigenvalue weighted by Crippen LogP contribution is -2.46. The Morgan fingerprint density at radius 2 is 2.08 bits per heavy atom. The van der Waals surface area contributed by atoms with E-state index >= 15 is 0 Å². The van der Waals surface area contributed by atoms with Gasteiger partial charge in [-0.25, -0.2) is 0 Å². The number of rotatable bonds is 4. The van der Waals surface area contributed by atoms with Crippen LogP contribution >= 0.6 is 0 Å². The van der Waals surface area contributed by atoms with Crippen molar-refractivity contribution in [3.63, 3.8) is 0 Å². The van der Waals surface area contributed by atoms with Crippen LogP contribution in [0.5, 0.6) is 5.75 Å². The van der Waals surface area contributed by atoms with Crippen molar-refractivity contribution >= 4 is 5.91 Å². The molecular formula is C19H24N2O4. The van der Waals surface area contributed by atoms with E-state index in [2.05, 4.69) is 5.16 Å². The number of aliphatic hydroxyl groups is 1. The van der Waals surface area contributed by atoms with Gasteiger partial charge in [-0.2, -0.15) is 0 Å². The summed E-state index contributed by atoms with van der Waals surface area (Å²) in [7, 11) is 1.61. The molecule has 6 nitrogen and oxygen atoms in total. The summed E-state index contributed by atoms with van der Waals surface area (Å²) in [6.07, 6.45) is 3.20. The van der Waals surface area contributed by atoms with Gasteiger partial charge in [-0.3, -0.25) is 4.79 Å². The summed E-state index contributed by atoms with van der Waals surface area (Å²) in [4.78, 5) is 14.8. The van der Waals surface area contributed by atoms with E-state index in [1.54, 1.807) is 25.9 Å². The van der Waals surface area contributed by atoms with Crippen molar-refractivity contribution in [1.29, 1.82) is 0 Å². The molecule has 1 N–H and O–H groups in total. The lowest BCUT2D eigenvalue weighted by molar-refractivity contribution is -0.0146. The first-order valence-corrected chi connectivity index (χ1v) is 8.50. The van der Waals surface area contributed by atoms with Crippen LogP contribution in [0.15, 0.2) is 35.1 Å². The molecule has 134 valence electrons. The van der Waals surface area contributed by atoms with Gasteiger partial charge < -0.3 is 19.3 Å². The molecule has 2 aromatic rings. The van der Waals surface area contributed by atoms with Crippen LogP contribution in [0.1, 0.15) is 37.0 Å². The van der Waals surface area contributed by atoms with Crippen molar-refractivity contribution in [2.75, 3.05) is 20.2 Å². The fraction of sp³-hybridized carbons (Fsp3) is 0.474. The molecule has 1 aromatic carbocycles. The molecule has 1 aliphatic rings. The summed E-state index contributed by atoms with van der Waals surface area (Å²) in [6.45, 7) is 4.82. The van der Waals surface area contributed by atoms with Crippen LogP contribution in [0.3, 0.4) is 0 Å². The van der Waals surface area contributed by atoms with E-state index in [1.165, 1.54) is 6.26 Å². The molecule has 1 amide bonds. The van der Waals surface area contributed by atoms with Crippen molar-refractivity contribution in [1.82, 2.24) is 10.1 Å². The Hall–Kier alpha value is -2.34. The van der Waals surface area contributed by atoms with Crippen LogP contribution < -0.4 is 4.74 Å². The van der Waals surface area contributed by atoms with E-state index < -0.39 is 5.60 Å². The van der Waals surface area contributed by atoms with Crippen LogP contribution in [0.2, 0.25) is 0 Å². The molecule has 2 heterocycles. The van der Waals surface area contributed by atoms with Gasteiger partial charge >= 0.3 is 0 Å². The second kappa shape index (κ2) is 6.88. The third-order valence-corrected chi connectivity index (χ3v) is 4.87. The minimum atomic E-state index is -0.799. The second-order valence-corrected chi connectivity index (χ2v) is 7.05. The van der Waals surface area contributed by atoms with Crippen LogP contribution in [-0.4, -0.2) is 46.9 Å². The van der Waals surface area contributed by atoms with Gasteiger partial charge in [0.05, 0.1) is 12.7 Å². The molecule has 6 heteroatoms. The summed E-state index contributed by atoms with van der Waals surface area (Å²) in [5.74, 6) is 0.694. The highest BCUT2D eigenvalue weighted by atomic mass is 16.5. The number of methoxy groups -OCH3 is 1. The maximum Gasteiger partial charge on any atom is 0.259 e. The Bertz CT molecular complexity index is 731. The van der Waals surface area contributed by atoms with Crippen molar-refractivity contribution < 1.29 is 19.2 Å². The first-order chi connectivity index (χ1) is 11.9.